The molecule has 0 aliphatic carbocycles. The average molecular weight is 271 g/mol. The smallest absolute Gasteiger partial charge is 0.311 e. The summed E-state index contributed by atoms with van der Waals surface area (Å²) in [4.78, 5) is 21.9. The van der Waals surface area contributed by atoms with E-state index < -0.39 is 16.8 Å². The maximum Gasteiger partial charge on any atom is 0.311 e. The number of carboxylic acid groups (broad SMARTS) is 1. The van der Waals surface area contributed by atoms with E-state index in [0.29, 0.717) is 0 Å². The van der Waals surface area contributed by atoms with Crippen LogP contribution in [-0.4, -0.2) is 16.0 Å². The van der Waals surface area contributed by atoms with Crippen molar-refractivity contribution in [3.05, 3.63) is 75.8 Å². The second-order valence-corrected chi connectivity index (χ2v) is 4.40. The highest BCUT2D eigenvalue weighted by molar-refractivity contribution is 5.78. The fourth-order valence-electron chi connectivity index (χ4n) is 2.13. The van der Waals surface area contributed by atoms with Gasteiger partial charge in [-0.2, -0.15) is 0 Å². The SMILES string of the molecule is O=C(O)C(Cc1ccccc1)c1ccccc1[N+](=O)[O-]. The minimum atomic E-state index is -1.07. The van der Waals surface area contributed by atoms with E-state index >= 15 is 0 Å². The molecule has 0 heterocycles. The lowest BCUT2D eigenvalue weighted by Gasteiger charge is -2.13. The number of nitrogens with zero attached hydrogens (tertiary/aromatic N) is 1. The van der Waals surface area contributed by atoms with Crippen molar-refractivity contribution in [3.63, 3.8) is 0 Å². The number of hydrogen-bond acceptors (Lipinski definition) is 3. The van der Waals surface area contributed by atoms with Crippen LogP contribution < -0.4 is 0 Å². The molecule has 2 rings (SSSR count). The monoisotopic (exact) mass is 271 g/mol. The summed E-state index contributed by atoms with van der Waals surface area (Å²) in [6.45, 7) is 0. The van der Waals surface area contributed by atoms with Crippen LogP contribution >= 0.6 is 0 Å². The Morgan fingerprint density at radius 2 is 1.70 bits per heavy atom. The first-order valence-corrected chi connectivity index (χ1v) is 6.09. The molecule has 0 amide bonds. The lowest BCUT2D eigenvalue weighted by atomic mass is 9.91. The molecule has 0 saturated heterocycles. The number of hydrogen-bond donors (Lipinski definition) is 1. The highest BCUT2D eigenvalue weighted by Gasteiger charge is 2.27. The molecule has 0 saturated carbocycles. The van der Waals surface area contributed by atoms with Gasteiger partial charge in [-0.15, -0.1) is 0 Å². The summed E-state index contributed by atoms with van der Waals surface area (Å²) >= 11 is 0. The van der Waals surface area contributed by atoms with Crippen LogP contribution in [0.15, 0.2) is 54.6 Å². The van der Waals surface area contributed by atoms with Crippen LogP contribution in [0.3, 0.4) is 0 Å². The van der Waals surface area contributed by atoms with Crippen LogP contribution in [0.25, 0.3) is 0 Å². The summed E-state index contributed by atoms with van der Waals surface area (Å²) in [5.74, 6) is -2.00. The number of para-hydroxylation sites is 1. The third-order valence-corrected chi connectivity index (χ3v) is 3.09. The van der Waals surface area contributed by atoms with Crippen LogP contribution in [0.2, 0.25) is 0 Å². The van der Waals surface area contributed by atoms with Gasteiger partial charge in [-0.1, -0.05) is 48.5 Å². The van der Waals surface area contributed by atoms with E-state index in [1.54, 1.807) is 6.07 Å². The zero-order chi connectivity index (χ0) is 14.5. The molecule has 102 valence electrons. The van der Waals surface area contributed by atoms with Crippen molar-refractivity contribution in [2.24, 2.45) is 0 Å². The van der Waals surface area contributed by atoms with Crippen molar-refractivity contribution in [2.75, 3.05) is 0 Å². The first-order chi connectivity index (χ1) is 9.59. The van der Waals surface area contributed by atoms with Gasteiger partial charge in [-0.3, -0.25) is 14.9 Å². The van der Waals surface area contributed by atoms with Gasteiger partial charge in [0.15, 0.2) is 0 Å². The van der Waals surface area contributed by atoms with Crippen molar-refractivity contribution in [3.8, 4) is 0 Å². The van der Waals surface area contributed by atoms with E-state index in [0.717, 1.165) is 5.56 Å². The summed E-state index contributed by atoms with van der Waals surface area (Å²) in [5.41, 5.74) is 0.905. The predicted octanol–water partition coefficient (Wildman–Crippen LogP) is 3.01. The third-order valence-electron chi connectivity index (χ3n) is 3.09. The lowest BCUT2D eigenvalue weighted by molar-refractivity contribution is -0.385. The maximum absolute atomic E-state index is 11.5. The highest BCUT2D eigenvalue weighted by atomic mass is 16.6. The number of rotatable bonds is 5. The fourth-order valence-corrected chi connectivity index (χ4v) is 2.13. The van der Waals surface area contributed by atoms with Gasteiger partial charge in [0.2, 0.25) is 0 Å². The normalized spacial score (nSPS) is 11.8. The number of carboxylic acids is 1. The molecule has 5 heteroatoms. The number of nitro benzene ring substituents is 1. The minimum Gasteiger partial charge on any atom is -0.481 e. The zero-order valence-corrected chi connectivity index (χ0v) is 10.6. The van der Waals surface area contributed by atoms with Crippen LogP contribution in [0, 0.1) is 10.1 Å². The molecule has 0 radical (unpaired) electrons. The molecule has 0 fully saturated rings. The molecule has 5 nitrogen and oxygen atoms in total. The van der Waals surface area contributed by atoms with E-state index in [1.165, 1.54) is 18.2 Å². The van der Waals surface area contributed by atoms with Gasteiger partial charge in [0.1, 0.15) is 0 Å². The number of carbonyl (C=O) groups is 1. The Labute approximate surface area is 115 Å². The Morgan fingerprint density at radius 3 is 2.30 bits per heavy atom. The molecule has 1 unspecified atom stereocenters. The molecule has 1 atom stereocenters. The zero-order valence-electron chi connectivity index (χ0n) is 10.6. The number of benzene rings is 2. The number of nitro groups is 1. The van der Waals surface area contributed by atoms with E-state index in [2.05, 4.69) is 0 Å². The van der Waals surface area contributed by atoms with Crippen molar-refractivity contribution < 1.29 is 14.8 Å². The number of aliphatic carboxylic acids is 1. The lowest BCUT2D eigenvalue weighted by Crippen LogP contribution is -2.16. The van der Waals surface area contributed by atoms with Crippen molar-refractivity contribution in [1.82, 2.24) is 0 Å². The van der Waals surface area contributed by atoms with Gasteiger partial charge in [-0.05, 0) is 12.0 Å². The Kier molecular flexibility index (Phi) is 4.10. The van der Waals surface area contributed by atoms with Gasteiger partial charge in [-0.25, -0.2) is 0 Å². The van der Waals surface area contributed by atoms with Crippen LogP contribution in [0.5, 0.6) is 0 Å². The van der Waals surface area contributed by atoms with E-state index in [1.807, 2.05) is 30.3 Å². The maximum atomic E-state index is 11.5. The molecule has 2 aromatic rings. The van der Waals surface area contributed by atoms with Crippen LogP contribution in [0.4, 0.5) is 5.69 Å². The summed E-state index contributed by atoms with van der Waals surface area (Å²) in [5, 5.41) is 20.4. The topological polar surface area (TPSA) is 80.4 Å². The van der Waals surface area contributed by atoms with Gasteiger partial charge < -0.3 is 5.11 Å². The Bertz CT molecular complexity index is 625. The van der Waals surface area contributed by atoms with Gasteiger partial charge >= 0.3 is 5.97 Å². The molecular weight excluding hydrogens is 258 g/mol. The molecular formula is C15H13NO4. The Morgan fingerprint density at radius 1 is 1.10 bits per heavy atom. The van der Waals surface area contributed by atoms with Crippen molar-refractivity contribution in [1.29, 1.82) is 0 Å². The Hall–Kier alpha value is -2.69. The predicted molar refractivity (Wildman–Crippen MR) is 73.6 cm³/mol. The molecule has 0 aliphatic heterocycles. The van der Waals surface area contributed by atoms with E-state index in [4.69, 9.17) is 0 Å². The van der Waals surface area contributed by atoms with Crippen molar-refractivity contribution >= 4 is 11.7 Å². The van der Waals surface area contributed by atoms with Crippen molar-refractivity contribution in [2.45, 2.75) is 12.3 Å². The molecule has 0 bridgehead atoms. The van der Waals surface area contributed by atoms with Crippen LogP contribution in [-0.2, 0) is 11.2 Å². The van der Waals surface area contributed by atoms with Gasteiger partial charge in [0, 0.05) is 11.6 Å². The molecule has 0 spiro atoms. The summed E-state index contributed by atoms with van der Waals surface area (Å²) < 4.78 is 0. The molecule has 2 aromatic carbocycles. The highest BCUT2D eigenvalue weighted by Crippen LogP contribution is 2.29. The molecule has 0 aromatic heterocycles. The first kappa shape index (κ1) is 13.7. The Balaban J connectivity index is 2.39. The van der Waals surface area contributed by atoms with Gasteiger partial charge in [0.25, 0.3) is 5.69 Å². The van der Waals surface area contributed by atoms with E-state index in [9.17, 15) is 20.0 Å². The summed E-state index contributed by atoms with van der Waals surface area (Å²) in [6, 6.07) is 15.1. The first-order valence-electron chi connectivity index (χ1n) is 6.09. The summed E-state index contributed by atoms with van der Waals surface area (Å²) in [7, 11) is 0. The third kappa shape index (κ3) is 3.00. The van der Waals surface area contributed by atoms with E-state index in [-0.39, 0.29) is 17.7 Å². The molecule has 20 heavy (non-hydrogen) atoms. The summed E-state index contributed by atoms with van der Waals surface area (Å²) in [6.07, 6.45) is 0.223. The second kappa shape index (κ2) is 5.97. The minimum absolute atomic E-state index is 0.157. The molecule has 0 aliphatic rings. The standard InChI is InChI=1S/C15H13NO4/c17-15(18)13(10-11-6-2-1-3-7-11)12-8-4-5-9-14(12)16(19)20/h1-9,13H,10H2,(H,17,18). The molecule has 1 N–H and O–H groups in total. The largest absolute Gasteiger partial charge is 0.481 e. The van der Waals surface area contributed by atoms with Gasteiger partial charge in [0.05, 0.1) is 10.8 Å². The van der Waals surface area contributed by atoms with Crippen LogP contribution in [0.1, 0.15) is 17.0 Å². The average Bonchev–Trinajstić information content (AvgIpc) is 2.45. The second-order valence-electron chi connectivity index (χ2n) is 4.40. The quantitative estimate of drug-likeness (QED) is 0.669. The fraction of sp³-hybridized carbons (Fsp3) is 0.133.